The van der Waals surface area contributed by atoms with E-state index in [-0.39, 0.29) is 31.0 Å². The zero-order valence-electron chi connectivity index (χ0n) is 7.71. The summed E-state index contributed by atoms with van der Waals surface area (Å²) in [5, 5.41) is 8.54. The van der Waals surface area contributed by atoms with Gasteiger partial charge < -0.3 is 10.8 Å². The van der Waals surface area contributed by atoms with Crippen LogP contribution in [0.4, 0.5) is 13.2 Å². The lowest BCUT2D eigenvalue weighted by atomic mass is 10.0. The van der Waals surface area contributed by atoms with Crippen molar-refractivity contribution in [3.8, 4) is 0 Å². The molecule has 0 fully saturated rings. The van der Waals surface area contributed by atoms with E-state index in [1.165, 1.54) is 0 Å². The summed E-state index contributed by atoms with van der Waals surface area (Å²) < 4.78 is 38.3. The van der Waals surface area contributed by atoms with Crippen LogP contribution in [0, 0.1) is 17.5 Å². The molecule has 6 heteroatoms. The van der Waals surface area contributed by atoms with E-state index in [0.717, 1.165) is 12.1 Å². The van der Waals surface area contributed by atoms with Crippen molar-refractivity contribution in [1.29, 1.82) is 0 Å². The van der Waals surface area contributed by atoms with Gasteiger partial charge in [0, 0.05) is 18.2 Å². The quantitative estimate of drug-likeness (QED) is 0.794. The van der Waals surface area contributed by atoms with Crippen LogP contribution in [0.15, 0.2) is 12.1 Å². The van der Waals surface area contributed by atoms with E-state index in [1.807, 2.05) is 0 Å². The number of nitrogens with two attached hydrogens (primary N) is 1. The van der Waals surface area contributed by atoms with E-state index < -0.39 is 23.5 Å². The largest absolute Gasteiger partial charge is 0.396 e. The Labute approximate surface area is 91.3 Å². The number of benzene rings is 1. The average Bonchev–Trinajstić information content (AvgIpc) is 2.15. The van der Waals surface area contributed by atoms with Crippen molar-refractivity contribution >= 4 is 12.4 Å². The summed E-state index contributed by atoms with van der Waals surface area (Å²) in [6.07, 6.45) is 0.0992. The van der Waals surface area contributed by atoms with Crippen LogP contribution in [0.2, 0.25) is 0 Å². The summed E-state index contributed by atoms with van der Waals surface area (Å²) in [6.45, 7) is -0.237. The molecule has 0 aliphatic heterocycles. The molecule has 1 aromatic carbocycles. The molecule has 86 valence electrons. The van der Waals surface area contributed by atoms with Gasteiger partial charge in [-0.1, -0.05) is 6.07 Å². The second kappa shape index (κ2) is 5.95. The van der Waals surface area contributed by atoms with Crippen LogP contribution in [0.3, 0.4) is 0 Å². The topological polar surface area (TPSA) is 46.2 Å². The SMILES string of the molecule is Cl.N[C@H](CCO)c1ccc(F)c(F)c1F. The molecular formula is C9H11ClF3NO. The minimum absolute atomic E-state index is 0. The number of hydrogen-bond acceptors (Lipinski definition) is 2. The molecule has 0 radical (unpaired) electrons. The van der Waals surface area contributed by atoms with Crippen LogP contribution in [0.1, 0.15) is 18.0 Å². The second-order valence-corrected chi connectivity index (χ2v) is 2.88. The molecule has 0 amide bonds. The minimum Gasteiger partial charge on any atom is -0.396 e. The third-order valence-electron chi connectivity index (χ3n) is 1.90. The average molecular weight is 242 g/mol. The molecule has 0 aliphatic rings. The van der Waals surface area contributed by atoms with Gasteiger partial charge in [0.1, 0.15) is 0 Å². The molecule has 0 saturated heterocycles. The van der Waals surface area contributed by atoms with E-state index in [0.29, 0.717) is 0 Å². The van der Waals surface area contributed by atoms with Gasteiger partial charge in [-0.3, -0.25) is 0 Å². The van der Waals surface area contributed by atoms with Crippen molar-refractivity contribution in [2.75, 3.05) is 6.61 Å². The van der Waals surface area contributed by atoms with Gasteiger partial charge in [0.15, 0.2) is 17.5 Å². The first-order valence-corrected chi connectivity index (χ1v) is 4.07. The molecule has 1 rings (SSSR count). The van der Waals surface area contributed by atoms with E-state index in [2.05, 4.69) is 0 Å². The van der Waals surface area contributed by atoms with Gasteiger partial charge in [-0.15, -0.1) is 12.4 Å². The van der Waals surface area contributed by atoms with Crippen molar-refractivity contribution in [1.82, 2.24) is 0 Å². The third-order valence-corrected chi connectivity index (χ3v) is 1.90. The summed E-state index contributed by atoms with van der Waals surface area (Å²) in [4.78, 5) is 0. The van der Waals surface area contributed by atoms with Crippen molar-refractivity contribution in [2.45, 2.75) is 12.5 Å². The standard InChI is InChI=1S/C9H10F3NO.ClH/c10-6-2-1-5(7(13)3-4-14)8(11)9(6)12;/h1-2,7,14H,3-4,13H2;1H/t7-;/m1./s1. The first-order chi connectivity index (χ1) is 6.57. The molecule has 1 atom stereocenters. The van der Waals surface area contributed by atoms with E-state index in [4.69, 9.17) is 10.8 Å². The highest BCUT2D eigenvalue weighted by molar-refractivity contribution is 5.85. The summed E-state index contributed by atoms with van der Waals surface area (Å²) >= 11 is 0. The Morgan fingerprint density at radius 1 is 1.20 bits per heavy atom. The fraction of sp³-hybridized carbons (Fsp3) is 0.333. The Kier molecular flexibility index (Phi) is 5.64. The fourth-order valence-corrected chi connectivity index (χ4v) is 1.12. The molecule has 0 bridgehead atoms. The fourth-order valence-electron chi connectivity index (χ4n) is 1.12. The summed E-state index contributed by atoms with van der Waals surface area (Å²) in [7, 11) is 0. The summed E-state index contributed by atoms with van der Waals surface area (Å²) in [5.41, 5.74) is 5.31. The zero-order chi connectivity index (χ0) is 10.7. The maximum Gasteiger partial charge on any atom is 0.194 e. The molecule has 0 aromatic heterocycles. The van der Waals surface area contributed by atoms with Crippen molar-refractivity contribution in [3.63, 3.8) is 0 Å². The summed E-state index contributed by atoms with van der Waals surface area (Å²) in [6, 6.07) is 1.06. The van der Waals surface area contributed by atoms with Crippen molar-refractivity contribution in [3.05, 3.63) is 35.1 Å². The van der Waals surface area contributed by atoms with E-state index in [9.17, 15) is 13.2 Å². The third kappa shape index (κ3) is 3.09. The van der Waals surface area contributed by atoms with Gasteiger partial charge in [-0.25, -0.2) is 13.2 Å². The van der Waals surface area contributed by atoms with Gasteiger partial charge in [-0.2, -0.15) is 0 Å². The molecular weight excluding hydrogens is 231 g/mol. The van der Waals surface area contributed by atoms with Crippen LogP contribution in [-0.4, -0.2) is 11.7 Å². The Balaban J connectivity index is 0.00000196. The van der Waals surface area contributed by atoms with Crippen LogP contribution in [0.25, 0.3) is 0 Å². The zero-order valence-corrected chi connectivity index (χ0v) is 8.53. The van der Waals surface area contributed by atoms with E-state index in [1.54, 1.807) is 0 Å². The Bertz CT molecular complexity index is 335. The first kappa shape index (κ1) is 14.2. The van der Waals surface area contributed by atoms with Crippen LogP contribution in [0.5, 0.6) is 0 Å². The number of aliphatic hydroxyl groups is 1. The number of aliphatic hydroxyl groups excluding tert-OH is 1. The number of halogens is 4. The van der Waals surface area contributed by atoms with Crippen LogP contribution < -0.4 is 5.73 Å². The lowest BCUT2D eigenvalue weighted by Crippen LogP contribution is -2.14. The molecule has 1 aromatic rings. The molecule has 0 saturated carbocycles. The molecule has 0 heterocycles. The number of hydrogen-bond donors (Lipinski definition) is 2. The minimum atomic E-state index is -1.53. The molecule has 0 unspecified atom stereocenters. The lowest BCUT2D eigenvalue weighted by Gasteiger charge is -2.11. The smallest absolute Gasteiger partial charge is 0.194 e. The Morgan fingerprint density at radius 2 is 1.80 bits per heavy atom. The Morgan fingerprint density at radius 3 is 2.33 bits per heavy atom. The lowest BCUT2D eigenvalue weighted by molar-refractivity contribution is 0.275. The number of rotatable bonds is 3. The van der Waals surface area contributed by atoms with Crippen molar-refractivity contribution in [2.24, 2.45) is 5.73 Å². The van der Waals surface area contributed by atoms with Crippen LogP contribution in [-0.2, 0) is 0 Å². The first-order valence-electron chi connectivity index (χ1n) is 4.07. The molecule has 0 spiro atoms. The van der Waals surface area contributed by atoms with Gasteiger partial charge >= 0.3 is 0 Å². The van der Waals surface area contributed by atoms with Gasteiger partial charge in [0.05, 0.1) is 0 Å². The predicted octanol–water partition coefficient (Wildman–Crippen LogP) is 1.91. The predicted molar refractivity (Wildman–Crippen MR) is 52.2 cm³/mol. The highest BCUT2D eigenvalue weighted by Crippen LogP contribution is 2.21. The highest BCUT2D eigenvalue weighted by Gasteiger charge is 2.17. The van der Waals surface area contributed by atoms with Crippen LogP contribution >= 0.6 is 12.4 Å². The van der Waals surface area contributed by atoms with Crippen molar-refractivity contribution < 1.29 is 18.3 Å². The molecule has 15 heavy (non-hydrogen) atoms. The molecule has 0 aliphatic carbocycles. The maximum atomic E-state index is 13.1. The normalized spacial score (nSPS) is 12.1. The monoisotopic (exact) mass is 241 g/mol. The maximum absolute atomic E-state index is 13.1. The van der Waals surface area contributed by atoms with Gasteiger partial charge in [0.25, 0.3) is 0 Å². The Hall–Kier alpha value is -0.780. The van der Waals surface area contributed by atoms with E-state index >= 15 is 0 Å². The van der Waals surface area contributed by atoms with Gasteiger partial charge in [-0.05, 0) is 12.5 Å². The van der Waals surface area contributed by atoms with Gasteiger partial charge in [0.2, 0.25) is 0 Å². The summed E-state index contributed by atoms with van der Waals surface area (Å²) in [5.74, 6) is -4.07. The highest BCUT2D eigenvalue weighted by atomic mass is 35.5. The second-order valence-electron chi connectivity index (χ2n) is 2.88. The molecule has 2 nitrogen and oxygen atoms in total. The molecule has 3 N–H and O–H groups in total.